The van der Waals surface area contributed by atoms with Gasteiger partial charge in [0.05, 0.1) is 19.3 Å². The predicted octanol–water partition coefficient (Wildman–Crippen LogP) is 2.35. The van der Waals surface area contributed by atoms with Crippen LogP contribution in [0.5, 0.6) is 5.75 Å². The summed E-state index contributed by atoms with van der Waals surface area (Å²) in [6, 6.07) is 18.2. The molecule has 2 atom stereocenters. The Morgan fingerprint density at radius 2 is 1.82 bits per heavy atom. The van der Waals surface area contributed by atoms with Crippen molar-refractivity contribution in [1.82, 2.24) is 4.90 Å². The number of ether oxygens (including phenoxy) is 1. The maximum Gasteiger partial charge on any atom is 0.119 e. The zero-order chi connectivity index (χ0) is 15.4. The third kappa shape index (κ3) is 3.59. The van der Waals surface area contributed by atoms with Gasteiger partial charge in [-0.1, -0.05) is 30.3 Å². The van der Waals surface area contributed by atoms with E-state index in [1.54, 1.807) is 7.11 Å². The Balaban J connectivity index is 1.58. The van der Waals surface area contributed by atoms with E-state index < -0.39 is 0 Å². The first-order valence-electron chi connectivity index (χ1n) is 7.59. The lowest BCUT2D eigenvalue weighted by molar-refractivity contribution is 0.168. The van der Waals surface area contributed by atoms with Crippen molar-refractivity contribution in [3.05, 3.63) is 60.2 Å². The zero-order valence-electron chi connectivity index (χ0n) is 12.8. The SMILES string of the molecule is COc1ccc(N[C@@H]2CN(Cc3ccccc3)C[C@H]2O)cc1. The summed E-state index contributed by atoms with van der Waals surface area (Å²) in [5.74, 6) is 0.836. The fourth-order valence-corrected chi connectivity index (χ4v) is 2.88. The molecule has 2 aromatic rings. The summed E-state index contributed by atoms with van der Waals surface area (Å²) in [7, 11) is 1.66. The molecule has 1 fully saturated rings. The highest BCUT2D eigenvalue weighted by molar-refractivity contribution is 5.47. The number of hydrogen-bond donors (Lipinski definition) is 2. The largest absolute Gasteiger partial charge is 0.497 e. The van der Waals surface area contributed by atoms with Crippen LogP contribution in [0, 0.1) is 0 Å². The Morgan fingerprint density at radius 3 is 2.50 bits per heavy atom. The first-order valence-corrected chi connectivity index (χ1v) is 7.59. The highest BCUT2D eigenvalue weighted by atomic mass is 16.5. The Morgan fingerprint density at radius 1 is 1.09 bits per heavy atom. The van der Waals surface area contributed by atoms with Gasteiger partial charge in [-0.05, 0) is 29.8 Å². The number of aliphatic hydroxyl groups is 1. The van der Waals surface area contributed by atoms with Crippen LogP contribution in [0.3, 0.4) is 0 Å². The summed E-state index contributed by atoms with van der Waals surface area (Å²) >= 11 is 0. The van der Waals surface area contributed by atoms with Gasteiger partial charge >= 0.3 is 0 Å². The van der Waals surface area contributed by atoms with Gasteiger partial charge in [0.1, 0.15) is 5.75 Å². The van der Waals surface area contributed by atoms with E-state index in [0.717, 1.165) is 24.5 Å². The molecule has 0 aromatic heterocycles. The Labute approximate surface area is 131 Å². The van der Waals surface area contributed by atoms with E-state index in [0.29, 0.717) is 6.54 Å². The van der Waals surface area contributed by atoms with Gasteiger partial charge in [0, 0.05) is 25.3 Å². The molecule has 1 aliphatic rings. The second-order valence-corrected chi connectivity index (χ2v) is 5.73. The van der Waals surface area contributed by atoms with Crippen LogP contribution in [0.25, 0.3) is 0 Å². The van der Waals surface area contributed by atoms with Gasteiger partial charge < -0.3 is 15.2 Å². The van der Waals surface area contributed by atoms with Gasteiger partial charge in [0.2, 0.25) is 0 Å². The molecular weight excluding hydrogens is 276 g/mol. The number of anilines is 1. The molecule has 0 radical (unpaired) electrons. The molecule has 4 heteroatoms. The molecule has 22 heavy (non-hydrogen) atoms. The first kappa shape index (κ1) is 14.9. The summed E-state index contributed by atoms with van der Waals surface area (Å²) in [6.45, 7) is 2.41. The molecule has 4 nitrogen and oxygen atoms in total. The molecule has 1 aliphatic heterocycles. The smallest absolute Gasteiger partial charge is 0.119 e. The minimum absolute atomic E-state index is 0.0529. The zero-order valence-corrected chi connectivity index (χ0v) is 12.8. The van der Waals surface area contributed by atoms with Crippen molar-refractivity contribution in [1.29, 1.82) is 0 Å². The highest BCUT2D eigenvalue weighted by Gasteiger charge is 2.31. The lowest BCUT2D eigenvalue weighted by Gasteiger charge is -2.18. The Bertz CT molecular complexity index is 586. The fraction of sp³-hybridized carbons (Fsp3) is 0.333. The molecule has 2 aromatic carbocycles. The van der Waals surface area contributed by atoms with Gasteiger partial charge in [0.15, 0.2) is 0 Å². The van der Waals surface area contributed by atoms with Gasteiger partial charge in [-0.3, -0.25) is 4.90 Å². The first-order chi connectivity index (χ1) is 10.7. The van der Waals surface area contributed by atoms with Crippen molar-refractivity contribution in [2.75, 3.05) is 25.5 Å². The van der Waals surface area contributed by atoms with Crippen LogP contribution in [0.1, 0.15) is 5.56 Å². The van der Waals surface area contributed by atoms with Crippen LogP contribution in [0.15, 0.2) is 54.6 Å². The Hall–Kier alpha value is -2.04. The van der Waals surface area contributed by atoms with Crippen molar-refractivity contribution in [2.45, 2.75) is 18.7 Å². The third-order valence-electron chi connectivity index (χ3n) is 4.06. The summed E-state index contributed by atoms with van der Waals surface area (Å²) in [4.78, 5) is 2.28. The fourth-order valence-electron chi connectivity index (χ4n) is 2.88. The van der Waals surface area contributed by atoms with E-state index in [4.69, 9.17) is 4.74 Å². The number of nitrogens with one attached hydrogen (secondary N) is 1. The van der Waals surface area contributed by atoms with Gasteiger partial charge in [-0.15, -0.1) is 0 Å². The minimum atomic E-state index is -0.356. The maximum absolute atomic E-state index is 10.3. The van der Waals surface area contributed by atoms with Crippen LogP contribution in [0.2, 0.25) is 0 Å². The molecule has 1 heterocycles. The van der Waals surface area contributed by atoms with Crippen molar-refractivity contribution in [3.63, 3.8) is 0 Å². The van der Waals surface area contributed by atoms with E-state index in [1.165, 1.54) is 5.56 Å². The van der Waals surface area contributed by atoms with Crippen LogP contribution >= 0.6 is 0 Å². The topological polar surface area (TPSA) is 44.7 Å². The molecule has 1 saturated heterocycles. The van der Waals surface area contributed by atoms with E-state index >= 15 is 0 Å². The van der Waals surface area contributed by atoms with Crippen LogP contribution in [0.4, 0.5) is 5.69 Å². The molecule has 116 valence electrons. The molecule has 0 spiro atoms. The summed E-state index contributed by atoms with van der Waals surface area (Å²) < 4.78 is 5.16. The third-order valence-corrected chi connectivity index (χ3v) is 4.06. The van der Waals surface area contributed by atoms with Crippen LogP contribution in [-0.4, -0.2) is 42.4 Å². The second kappa shape index (κ2) is 6.81. The van der Waals surface area contributed by atoms with Gasteiger partial charge in [0.25, 0.3) is 0 Å². The van der Waals surface area contributed by atoms with Crippen LogP contribution in [-0.2, 0) is 6.54 Å². The predicted molar refractivity (Wildman–Crippen MR) is 88.1 cm³/mol. The van der Waals surface area contributed by atoms with E-state index in [1.807, 2.05) is 30.3 Å². The van der Waals surface area contributed by atoms with Crippen molar-refractivity contribution < 1.29 is 9.84 Å². The second-order valence-electron chi connectivity index (χ2n) is 5.73. The average Bonchev–Trinajstić information content (AvgIpc) is 2.88. The van der Waals surface area contributed by atoms with Gasteiger partial charge in [-0.2, -0.15) is 0 Å². The molecule has 0 aliphatic carbocycles. The monoisotopic (exact) mass is 298 g/mol. The van der Waals surface area contributed by atoms with Crippen molar-refractivity contribution in [2.24, 2.45) is 0 Å². The van der Waals surface area contributed by atoms with Crippen LogP contribution < -0.4 is 10.1 Å². The Kier molecular flexibility index (Phi) is 4.61. The lowest BCUT2D eigenvalue weighted by atomic mass is 10.2. The van der Waals surface area contributed by atoms with Crippen molar-refractivity contribution >= 4 is 5.69 Å². The molecule has 0 bridgehead atoms. The summed E-state index contributed by atoms with van der Waals surface area (Å²) in [6.07, 6.45) is -0.356. The van der Waals surface area contributed by atoms with Gasteiger partial charge in [-0.25, -0.2) is 0 Å². The number of aliphatic hydroxyl groups excluding tert-OH is 1. The van der Waals surface area contributed by atoms with E-state index in [-0.39, 0.29) is 12.1 Å². The number of benzene rings is 2. The number of likely N-dealkylation sites (tertiary alicyclic amines) is 1. The standard InChI is InChI=1S/C18H22N2O2/c1-22-16-9-7-15(8-10-16)19-17-12-20(13-18(17)21)11-14-5-3-2-4-6-14/h2-10,17-19,21H,11-13H2,1H3/t17-,18-/m1/s1. The summed E-state index contributed by atoms with van der Waals surface area (Å²) in [5.41, 5.74) is 2.28. The number of methoxy groups -OCH3 is 1. The normalized spacial score (nSPS) is 21.7. The number of hydrogen-bond acceptors (Lipinski definition) is 4. The molecule has 2 N–H and O–H groups in total. The molecular formula is C18H22N2O2. The summed E-state index contributed by atoms with van der Waals surface area (Å²) in [5, 5.41) is 13.7. The maximum atomic E-state index is 10.3. The molecule has 0 saturated carbocycles. The molecule has 0 amide bonds. The van der Waals surface area contributed by atoms with E-state index in [9.17, 15) is 5.11 Å². The van der Waals surface area contributed by atoms with Crippen molar-refractivity contribution in [3.8, 4) is 5.75 Å². The minimum Gasteiger partial charge on any atom is -0.497 e. The number of nitrogens with zero attached hydrogens (tertiary/aromatic N) is 1. The highest BCUT2D eigenvalue weighted by Crippen LogP contribution is 2.20. The lowest BCUT2D eigenvalue weighted by Crippen LogP contribution is -2.32. The number of β-amino-alcohol motifs (C(OH)–C–C–N with tert-alkyl or cyclic N) is 1. The average molecular weight is 298 g/mol. The molecule has 0 unspecified atom stereocenters. The molecule has 3 rings (SSSR count). The quantitative estimate of drug-likeness (QED) is 0.889. The number of rotatable bonds is 5. The van der Waals surface area contributed by atoms with E-state index in [2.05, 4.69) is 34.5 Å².